The van der Waals surface area contributed by atoms with E-state index in [1.807, 2.05) is 6.92 Å². The van der Waals surface area contributed by atoms with Crippen LogP contribution in [-0.2, 0) is 4.74 Å². The van der Waals surface area contributed by atoms with Crippen molar-refractivity contribution in [2.75, 3.05) is 32.5 Å². The molecule has 0 radical (unpaired) electrons. The molecule has 5 nitrogen and oxygen atoms in total. The first-order valence-corrected chi connectivity index (χ1v) is 6.50. The average molecular weight is 264 g/mol. The van der Waals surface area contributed by atoms with Gasteiger partial charge in [-0.1, -0.05) is 6.07 Å². The largest absolute Gasteiger partial charge is 0.491 e. The Morgan fingerprint density at radius 1 is 1.53 bits per heavy atom. The predicted octanol–water partition coefficient (Wildman–Crippen LogP) is 1.53. The summed E-state index contributed by atoms with van der Waals surface area (Å²) in [5.74, 6) is 0.436. The predicted molar refractivity (Wildman–Crippen MR) is 73.3 cm³/mol. The van der Waals surface area contributed by atoms with Crippen molar-refractivity contribution in [3.05, 3.63) is 23.8 Å². The summed E-state index contributed by atoms with van der Waals surface area (Å²) in [7, 11) is 1.67. The van der Waals surface area contributed by atoms with E-state index in [1.54, 1.807) is 30.2 Å². The summed E-state index contributed by atoms with van der Waals surface area (Å²) < 4.78 is 10.8. The van der Waals surface area contributed by atoms with Gasteiger partial charge in [-0.15, -0.1) is 0 Å². The molecule has 1 aromatic rings. The minimum absolute atomic E-state index is 0.0460. The van der Waals surface area contributed by atoms with Gasteiger partial charge < -0.3 is 20.1 Å². The number of methoxy groups -OCH3 is 1. The van der Waals surface area contributed by atoms with Gasteiger partial charge in [0, 0.05) is 20.2 Å². The summed E-state index contributed by atoms with van der Waals surface area (Å²) in [5.41, 5.74) is 6.90. The van der Waals surface area contributed by atoms with Crippen LogP contribution in [0.2, 0.25) is 0 Å². The molecule has 0 aliphatic carbocycles. The van der Waals surface area contributed by atoms with Crippen LogP contribution in [0.1, 0.15) is 23.7 Å². The first-order valence-electron chi connectivity index (χ1n) is 6.50. The van der Waals surface area contributed by atoms with Crippen LogP contribution in [0.25, 0.3) is 0 Å². The zero-order valence-corrected chi connectivity index (χ0v) is 11.4. The number of nitrogens with two attached hydrogens (primary N) is 1. The van der Waals surface area contributed by atoms with Crippen LogP contribution in [0.15, 0.2) is 18.2 Å². The molecule has 0 bridgehead atoms. The summed E-state index contributed by atoms with van der Waals surface area (Å²) >= 11 is 0. The van der Waals surface area contributed by atoms with Gasteiger partial charge in [-0.3, -0.25) is 4.79 Å². The van der Waals surface area contributed by atoms with Crippen LogP contribution in [-0.4, -0.2) is 43.7 Å². The Kier molecular flexibility index (Phi) is 4.27. The molecule has 0 aromatic heterocycles. The Balaban J connectivity index is 2.22. The van der Waals surface area contributed by atoms with Crippen molar-refractivity contribution in [2.45, 2.75) is 19.4 Å². The standard InChI is InChI=1S/C14H20N2O3/c1-3-19-13-11(5-4-6-12(13)15)14(17)16-8-7-10(9-16)18-2/h4-6,10H,3,7-9,15H2,1-2H3. The molecule has 5 heteroatoms. The molecule has 2 N–H and O–H groups in total. The maximum Gasteiger partial charge on any atom is 0.257 e. The number of rotatable bonds is 4. The number of hydrogen-bond donors (Lipinski definition) is 1. The molecule has 0 spiro atoms. The number of carbonyl (C=O) groups excluding carboxylic acids is 1. The quantitative estimate of drug-likeness (QED) is 0.838. The molecule has 19 heavy (non-hydrogen) atoms. The van der Waals surface area contributed by atoms with E-state index in [0.717, 1.165) is 6.42 Å². The Morgan fingerprint density at radius 2 is 2.32 bits per heavy atom. The highest BCUT2D eigenvalue weighted by Crippen LogP contribution is 2.28. The molecule has 1 aliphatic heterocycles. The Hall–Kier alpha value is -1.75. The summed E-state index contributed by atoms with van der Waals surface area (Å²) in [6.07, 6.45) is 0.995. The minimum atomic E-state index is -0.0460. The second-order valence-electron chi connectivity index (χ2n) is 4.55. The summed E-state index contributed by atoms with van der Waals surface area (Å²) in [6, 6.07) is 5.27. The summed E-state index contributed by atoms with van der Waals surface area (Å²) in [4.78, 5) is 14.3. The number of nitrogens with zero attached hydrogens (tertiary/aromatic N) is 1. The number of likely N-dealkylation sites (tertiary alicyclic amines) is 1. The van der Waals surface area contributed by atoms with Crippen molar-refractivity contribution in [3.8, 4) is 5.75 Å². The van der Waals surface area contributed by atoms with E-state index >= 15 is 0 Å². The van der Waals surface area contributed by atoms with Crippen molar-refractivity contribution in [2.24, 2.45) is 0 Å². The van der Waals surface area contributed by atoms with Gasteiger partial charge in [-0.2, -0.15) is 0 Å². The lowest BCUT2D eigenvalue weighted by Gasteiger charge is -2.19. The first-order chi connectivity index (χ1) is 9.17. The Labute approximate surface area is 113 Å². The molecule has 1 unspecified atom stereocenters. The fraction of sp³-hybridized carbons (Fsp3) is 0.500. The van der Waals surface area contributed by atoms with Gasteiger partial charge in [0.25, 0.3) is 5.91 Å². The number of hydrogen-bond acceptors (Lipinski definition) is 4. The summed E-state index contributed by atoms with van der Waals surface area (Å²) in [5, 5.41) is 0. The van der Waals surface area contributed by atoms with Crippen molar-refractivity contribution in [3.63, 3.8) is 0 Å². The van der Waals surface area contributed by atoms with E-state index in [0.29, 0.717) is 36.7 Å². The number of amides is 1. The second kappa shape index (κ2) is 5.93. The number of nitrogen functional groups attached to an aromatic ring is 1. The van der Waals surface area contributed by atoms with Crippen LogP contribution in [0.3, 0.4) is 0 Å². The molecular formula is C14H20N2O3. The topological polar surface area (TPSA) is 64.8 Å². The maximum atomic E-state index is 12.5. The molecule has 1 fully saturated rings. The lowest BCUT2D eigenvalue weighted by Crippen LogP contribution is -2.30. The highest BCUT2D eigenvalue weighted by atomic mass is 16.5. The number of anilines is 1. The molecule has 104 valence electrons. The van der Waals surface area contributed by atoms with Crippen molar-refractivity contribution in [1.82, 2.24) is 4.90 Å². The SMILES string of the molecule is CCOc1c(N)cccc1C(=O)N1CCC(OC)C1. The minimum Gasteiger partial charge on any atom is -0.491 e. The van der Waals surface area contributed by atoms with Gasteiger partial charge in [-0.05, 0) is 25.5 Å². The van der Waals surface area contributed by atoms with Crippen LogP contribution in [0.5, 0.6) is 5.75 Å². The van der Waals surface area contributed by atoms with E-state index in [2.05, 4.69) is 0 Å². The summed E-state index contributed by atoms with van der Waals surface area (Å²) in [6.45, 7) is 3.68. The smallest absolute Gasteiger partial charge is 0.257 e. The monoisotopic (exact) mass is 264 g/mol. The second-order valence-corrected chi connectivity index (χ2v) is 4.55. The number of ether oxygens (including phenoxy) is 2. The average Bonchev–Trinajstić information content (AvgIpc) is 2.89. The Morgan fingerprint density at radius 3 is 2.95 bits per heavy atom. The van der Waals surface area contributed by atoms with Crippen LogP contribution >= 0.6 is 0 Å². The fourth-order valence-electron chi connectivity index (χ4n) is 2.30. The molecule has 1 saturated heterocycles. The molecule has 1 heterocycles. The number of carbonyl (C=O) groups is 1. The third kappa shape index (κ3) is 2.81. The van der Waals surface area contributed by atoms with Crippen molar-refractivity contribution < 1.29 is 14.3 Å². The van der Waals surface area contributed by atoms with Crippen LogP contribution < -0.4 is 10.5 Å². The van der Waals surface area contributed by atoms with E-state index < -0.39 is 0 Å². The molecular weight excluding hydrogens is 244 g/mol. The zero-order valence-electron chi connectivity index (χ0n) is 11.4. The van der Waals surface area contributed by atoms with Crippen LogP contribution in [0.4, 0.5) is 5.69 Å². The van der Waals surface area contributed by atoms with Crippen molar-refractivity contribution >= 4 is 11.6 Å². The van der Waals surface area contributed by atoms with Gasteiger partial charge in [0.2, 0.25) is 0 Å². The van der Waals surface area contributed by atoms with E-state index in [9.17, 15) is 4.79 Å². The molecule has 0 saturated carbocycles. The maximum absolute atomic E-state index is 12.5. The third-order valence-corrected chi connectivity index (χ3v) is 3.33. The number of para-hydroxylation sites is 1. The zero-order chi connectivity index (χ0) is 13.8. The lowest BCUT2D eigenvalue weighted by molar-refractivity contribution is 0.0720. The molecule has 1 aromatic carbocycles. The molecule has 2 rings (SSSR count). The van der Waals surface area contributed by atoms with E-state index in [4.69, 9.17) is 15.2 Å². The van der Waals surface area contributed by atoms with Gasteiger partial charge in [0.1, 0.15) is 0 Å². The van der Waals surface area contributed by atoms with Gasteiger partial charge in [0.05, 0.1) is 24.0 Å². The molecule has 1 aliphatic rings. The van der Waals surface area contributed by atoms with Gasteiger partial charge >= 0.3 is 0 Å². The first kappa shape index (κ1) is 13.7. The van der Waals surface area contributed by atoms with Crippen LogP contribution in [0, 0.1) is 0 Å². The highest BCUT2D eigenvalue weighted by Gasteiger charge is 2.28. The van der Waals surface area contributed by atoms with Crippen molar-refractivity contribution in [1.29, 1.82) is 0 Å². The normalized spacial score (nSPS) is 18.6. The van der Waals surface area contributed by atoms with Gasteiger partial charge in [-0.25, -0.2) is 0 Å². The fourth-order valence-corrected chi connectivity index (χ4v) is 2.30. The highest BCUT2D eigenvalue weighted by molar-refractivity contribution is 5.98. The van der Waals surface area contributed by atoms with E-state index in [-0.39, 0.29) is 12.0 Å². The Bertz CT molecular complexity index is 462. The third-order valence-electron chi connectivity index (χ3n) is 3.33. The lowest BCUT2D eigenvalue weighted by atomic mass is 10.1. The van der Waals surface area contributed by atoms with Gasteiger partial charge in [0.15, 0.2) is 5.75 Å². The number of benzene rings is 1. The molecule has 1 amide bonds. The molecule has 1 atom stereocenters. The van der Waals surface area contributed by atoms with E-state index in [1.165, 1.54) is 0 Å².